The second kappa shape index (κ2) is 9.30. The molecule has 5 nitrogen and oxygen atoms in total. The number of halogens is 1. The number of hydrogen-bond donors (Lipinski definition) is 1. The molecule has 29 heavy (non-hydrogen) atoms. The lowest BCUT2D eigenvalue weighted by molar-refractivity contribution is 0.0733. The average molecular weight is 451 g/mol. The molecule has 3 rings (SSSR count). The topological polar surface area (TPSA) is 67.8 Å². The van der Waals surface area contributed by atoms with Gasteiger partial charge in [0.15, 0.2) is 0 Å². The van der Waals surface area contributed by atoms with E-state index >= 15 is 0 Å². The zero-order valence-corrected chi connectivity index (χ0v) is 17.6. The van der Waals surface area contributed by atoms with Gasteiger partial charge in [0.1, 0.15) is 5.75 Å². The minimum atomic E-state index is -0.455. The van der Waals surface area contributed by atoms with Gasteiger partial charge < -0.3 is 4.74 Å². The number of esters is 1. The summed E-state index contributed by atoms with van der Waals surface area (Å²) in [6.07, 6.45) is 1.44. The summed E-state index contributed by atoms with van der Waals surface area (Å²) in [5, 5.41) is 4.00. The van der Waals surface area contributed by atoms with Gasteiger partial charge in [-0.15, -0.1) is 0 Å². The van der Waals surface area contributed by atoms with Gasteiger partial charge in [0.05, 0.1) is 11.8 Å². The quantitative estimate of drug-likeness (QED) is 0.256. The number of carbonyl (C=O) groups is 2. The van der Waals surface area contributed by atoms with Crippen LogP contribution in [0.25, 0.3) is 0 Å². The van der Waals surface area contributed by atoms with E-state index in [0.717, 1.165) is 15.6 Å². The Kier molecular flexibility index (Phi) is 6.57. The first-order valence-corrected chi connectivity index (χ1v) is 9.71. The number of nitrogens with zero attached hydrogens (tertiary/aromatic N) is 1. The summed E-state index contributed by atoms with van der Waals surface area (Å²) in [7, 11) is 0. The molecule has 3 aromatic rings. The van der Waals surface area contributed by atoms with Crippen LogP contribution in [0.4, 0.5) is 0 Å². The summed E-state index contributed by atoms with van der Waals surface area (Å²) in [4.78, 5) is 24.7. The maximum Gasteiger partial charge on any atom is 0.343 e. The van der Waals surface area contributed by atoms with E-state index in [9.17, 15) is 9.59 Å². The van der Waals surface area contributed by atoms with Crippen LogP contribution in [-0.4, -0.2) is 18.1 Å². The number of hydrogen-bond acceptors (Lipinski definition) is 4. The van der Waals surface area contributed by atoms with Crippen molar-refractivity contribution in [2.45, 2.75) is 13.8 Å². The smallest absolute Gasteiger partial charge is 0.343 e. The van der Waals surface area contributed by atoms with Crippen LogP contribution in [0.5, 0.6) is 5.75 Å². The third-order valence-corrected chi connectivity index (χ3v) is 4.72. The van der Waals surface area contributed by atoms with Crippen molar-refractivity contribution in [2.75, 3.05) is 0 Å². The highest BCUT2D eigenvalue weighted by atomic mass is 79.9. The van der Waals surface area contributed by atoms with Crippen molar-refractivity contribution < 1.29 is 14.3 Å². The number of nitrogens with one attached hydrogen (secondary N) is 1. The summed E-state index contributed by atoms with van der Waals surface area (Å²) < 4.78 is 6.35. The molecule has 0 heterocycles. The number of aryl methyl sites for hydroxylation is 2. The van der Waals surface area contributed by atoms with Gasteiger partial charge in [-0.25, -0.2) is 10.2 Å². The Labute approximate surface area is 177 Å². The first-order valence-electron chi connectivity index (χ1n) is 8.91. The Morgan fingerprint density at radius 3 is 2.45 bits per heavy atom. The second-order valence-electron chi connectivity index (χ2n) is 6.45. The molecule has 0 aliphatic rings. The van der Waals surface area contributed by atoms with Crippen molar-refractivity contribution in [1.29, 1.82) is 0 Å². The van der Waals surface area contributed by atoms with Crippen molar-refractivity contribution in [3.05, 3.63) is 99.0 Å². The third-order valence-electron chi connectivity index (χ3n) is 4.22. The van der Waals surface area contributed by atoms with E-state index in [1.54, 1.807) is 42.5 Å². The molecule has 0 spiro atoms. The predicted molar refractivity (Wildman–Crippen MR) is 117 cm³/mol. The molecule has 6 heteroatoms. The molecule has 0 fully saturated rings. The molecular weight excluding hydrogens is 432 g/mol. The fraction of sp³-hybridized carbons (Fsp3) is 0.0870. The third kappa shape index (κ3) is 5.39. The van der Waals surface area contributed by atoms with Crippen molar-refractivity contribution in [3.63, 3.8) is 0 Å². The molecule has 0 radical (unpaired) electrons. The van der Waals surface area contributed by atoms with Gasteiger partial charge in [-0.05, 0) is 55.8 Å². The Hall–Kier alpha value is -3.25. The van der Waals surface area contributed by atoms with Gasteiger partial charge in [-0.3, -0.25) is 4.79 Å². The van der Waals surface area contributed by atoms with Crippen LogP contribution in [0, 0.1) is 13.8 Å². The van der Waals surface area contributed by atoms with Crippen LogP contribution in [0.15, 0.2) is 76.3 Å². The number of rotatable bonds is 5. The highest BCUT2D eigenvalue weighted by Crippen LogP contribution is 2.23. The minimum absolute atomic E-state index is 0.324. The molecule has 0 aliphatic heterocycles. The second-order valence-corrected chi connectivity index (χ2v) is 7.37. The molecule has 146 valence electrons. The van der Waals surface area contributed by atoms with Gasteiger partial charge in [-0.1, -0.05) is 51.8 Å². The van der Waals surface area contributed by atoms with Crippen LogP contribution in [0.1, 0.15) is 37.4 Å². The molecule has 3 aromatic carbocycles. The molecule has 0 atom stereocenters. The van der Waals surface area contributed by atoms with Gasteiger partial charge in [0, 0.05) is 15.6 Å². The van der Waals surface area contributed by atoms with Gasteiger partial charge in [0.25, 0.3) is 5.91 Å². The molecule has 0 aliphatic carbocycles. The van der Waals surface area contributed by atoms with E-state index in [1.165, 1.54) is 6.21 Å². The lowest BCUT2D eigenvalue weighted by atomic mass is 10.1. The average Bonchev–Trinajstić information content (AvgIpc) is 2.70. The largest absolute Gasteiger partial charge is 0.422 e. The summed E-state index contributed by atoms with van der Waals surface area (Å²) in [5.74, 6) is -0.437. The van der Waals surface area contributed by atoms with E-state index in [1.807, 2.05) is 38.1 Å². The molecule has 0 unspecified atom stereocenters. The number of amides is 1. The first kappa shape index (κ1) is 20.5. The van der Waals surface area contributed by atoms with Crippen molar-refractivity contribution >= 4 is 34.0 Å². The van der Waals surface area contributed by atoms with Gasteiger partial charge >= 0.3 is 5.97 Å². The maximum absolute atomic E-state index is 12.5. The Morgan fingerprint density at radius 1 is 1.00 bits per heavy atom. The normalized spacial score (nSPS) is 10.7. The molecule has 0 saturated heterocycles. The summed E-state index contributed by atoms with van der Waals surface area (Å²) in [6.45, 7) is 3.80. The molecule has 1 amide bonds. The Morgan fingerprint density at radius 2 is 1.72 bits per heavy atom. The van der Waals surface area contributed by atoms with Crippen LogP contribution in [0.3, 0.4) is 0 Å². The fourth-order valence-corrected chi connectivity index (χ4v) is 2.98. The lowest BCUT2D eigenvalue weighted by Gasteiger charge is -2.09. The highest BCUT2D eigenvalue weighted by Gasteiger charge is 2.13. The first-order chi connectivity index (χ1) is 13.9. The monoisotopic (exact) mass is 450 g/mol. The molecular formula is C23H19BrN2O3. The van der Waals surface area contributed by atoms with Crippen molar-refractivity contribution in [1.82, 2.24) is 5.43 Å². The van der Waals surface area contributed by atoms with Crippen LogP contribution >= 0.6 is 15.9 Å². The molecule has 0 saturated carbocycles. The predicted octanol–water partition coefficient (Wildman–Crippen LogP) is 5.05. The SMILES string of the molecule is Cc1ccc(C(=O)NN=Cc2cc(Br)ccc2OC(=O)c2ccccc2C)cc1. The summed E-state index contributed by atoms with van der Waals surface area (Å²) in [5.41, 5.74) is 5.93. The van der Waals surface area contributed by atoms with E-state index in [0.29, 0.717) is 22.4 Å². The standard InChI is InChI=1S/C23H19BrN2O3/c1-15-7-9-17(10-8-15)22(27)26-25-14-18-13-19(24)11-12-21(18)29-23(28)20-6-4-3-5-16(20)2/h3-14H,1-2H3,(H,26,27). The summed E-state index contributed by atoms with van der Waals surface area (Å²) in [6, 6.07) is 19.6. The van der Waals surface area contributed by atoms with E-state index in [2.05, 4.69) is 26.5 Å². The van der Waals surface area contributed by atoms with Crippen molar-refractivity contribution in [2.24, 2.45) is 5.10 Å². The van der Waals surface area contributed by atoms with Crippen LogP contribution in [-0.2, 0) is 0 Å². The number of carbonyl (C=O) groups excluding carboxylic acids is 2. The molecule has 0 bridgehead atoms. The number of ether oxygens (including phenoxy) is 1. The Balaban J connectivity index is 1.75. The lowest BCUT2D eigenvalue weighted by Crippen LogP contribution is -2.17. The maximum atomic E-state index is 12.5. The minimum Gasteiger partial charge on any atom is -0.422 e. The zero-order valence-electron chi connectivity index (χ0n) is 16.0. The van der Waals surface area contributed by atoms with Crippen LogP contribution < -0.4 is 10.2 Å². The van der Waals surface area contributed by atoms with E-state index < -0.39 is 5.97 Å². The van der Waals surface area contributed by atoms with Gasteiger partial charge in [0.2, 0.25) is 0 Å². The number of hydrazone groups is 1. The molecule has 0 aromatic heterocycles. The Bertz CT molecular complexity index is 1080. The fourth-order valence-electron chi connectivity index (χ4n) is 2.60. The summed E-state index contributed by atoms with van der Waals surface area (Å²) >= 11 is 3.39. The zero-order chi connectivity index (χ0) is 20.8. The van der Waals surface area contributed by atoms with Gasteiger partial charge in [-0.2, -0.15) is 5.10 Å². The highest BCUT2D eigenvalue weighted by molar-refractivity contribution is 9.10. The molecule has 1 N–H and O–H groups in total. The van der Waals surface area contributed by atoms with E-state index in [4.69, 9.17) is 4.74 Å². The van der Waals surface area contributed by atoms with Crippen LogP contribution in [0.2, 0.25) is 0 Å². The van der Waals surface area contributed by atoms with E-state index in [-0.39, 0.29) is 5.91 Å². The number of benzene rings is 3. The van der Waals surface area contributed by atoms with Crippen molar-refractivity contribution in [3.8, 4) is 5.75 Å².